The van der Waals surface area contributed by atoms with Crippen LogP contribution in [0.3, 0.4) is 0 Å². The maximum absolute atomic E-state index is 5.21. The molecule has 114 valence electrons. The van der Waals surface area contributed by atoms with Crippen molar-refractivity contribution >= 4 is 11.3 Å². The van der Waals surface area contributed by atoms with E-state index in [2.05, 4.69) is 31.5 Å². The molecule has 0 bridgehead atoms. The summed E-state index contributed by atoms with van der Waals surface area (Å²) in [5.41, 5.74) is 1.22. The number of rotatable bonds is 6. The molecule has 0 radical (unpaired) electrons. The molecule has 1 aliphatic rings. The number of thiazole rings is 1. The van der Waals surface area contributed by atoms with E-state index in [0.29, 0.717) is 0 Å². The number of methoxy groups -OCH3 is 1. The minimum atomic E-state index is 0.0741. The van der Waals surface area contributed by atoms with Gasteiger partial charge in [0.1, 0.15) is 5.01 Å². The van der Waals surface area contributed by atoms with Crippen molar-refractivity contribution in [1.29, 1.82) is 0 Å². The summed E-state index contributed by atoms with van der Waals surface area (Å²) in [5, 5.41) is 7.22. The van der Waals surface area contributed by atoms with Gasteiger partial charge in [-0.05, 0) is 31.6 Å². The molecule has 1 heterocycles. The van der Waals surface area contributed by atoms with Crippen molar-refractivity contribution in [3.05, 3.63) is 16.1 Å². The van der Waals surface area contributed by atoms with E-state index < -0.39 is 0 Å². The largest absolute Gasteiger partial charge is 0.383 e. The lowest BCUT2D eigenvalue weighted by molar-refractivity contribution is 0.127. The molecule has 1 aliphatic carbocycles. The summed E-state index contributed by atoms with van der Waals surface area (Å²) in [5.74, 6) is 1.54. The van der Waals surface area contributed by atoms with Gasteiger partial charge in [0.2, 0.25) is 0 Å². The molecular weight excluding hydrogens is 268 g/mol. The maximum Gasteiger partial charge on any atom is 0.113 e. The van der Waals surface area contributed by atoms with Crippen LogP contribution in [0.25, 0.3) is 0 Å². The number of hydrogen-bond acceptors (Lipinski definition) is 4. The van der Waals surface area contributed by atoms with Crippen molar-refractivity contribution in [1.82, 2.24) is 10.3 Å². The normalized spacial score (nSPS) is 27.1. The second-order valence-corrected chi connectivity index (χ2v) is 7.25. The monoisotopic (exact) mass is 296 g/mol. The Morgan fingerprint density at radius 1 is 1.55 bits per heavy atom. The highest BCUT2D eigenvalue weighted by atomic mass is 32.1. The van der Waals surface area contributed by atoms with Gasteiger partial charge in [-0.2, -0.15) is 0 Å². The van der Waals surface area contributed by atoms with Crippen LogP contribution in [0.2, 0.25) is 0 Å². The summed E-state index contributed by atoms with van der Waals surface area (Å²) in [4.78, 5) is 4.79. The molecule has 20 heavy (non-hydrogen) atoms. The van der Waals surface area contributed by atoms with Crippen LogP contribution in [0.4, 0.5) is 0 Å². The predicted octanol–water partition coefficient (Wildman–Crippen LogP) is 3.73. The first-order valence-electron chi connectivity index (χ1n) is 7.74. The molecule has 0 aliphatic heterocycles. The highest BCUT2D eigenvalue weighted by Crippen LogP contribution is 2.43. The zero-order chi connectivity index (χ0) is 14.6. The van der Waals surface area contributed by atoms with Crippen LogP contribution in [0.1, 0.15) is 50.2 Å². The minimum absolute atomic E-state index is 0.0741. The highest BCUT2D eigenvalue weighted by molar-refractivity contribution is 7.09. The van der Waals surface area contributed by atoms with Crippen molar-refractivity contribution < 1.29 is 4.74 Å². The summed E-state index contributed by atoms with van der Waals surface area (Å²) < 4.78 is 5.21. The molecule has 0 aromatic carbocycles. The summed E-state index contributed by atoms with van der Waals surface area (Å²) >= 11 is 1.81. The van der Waals surface area contributed by atoms with Gasteiger partial charge in [0.05, 0.1) is 12.1 Å². The number of aromatic nitrogens is 1. The lowest BCUT2D eigenvalue weighted by Gasteiger charge is -2.42. The molecule has 1 fully saturated rings. The van der Waals surface area contributed by atoms with Gasteiger partial charge in [-0.3, -0.25) is 0 Å². The average molecular weight is 296 g/mol. The molecule has 0 spiro atoms. The topological polar surface area (TPSA) is 34.1 Å². The molecule has 4 heteroatoms. The van der Waals surface area contributed by atoms with Crippen LogP contribution in [-0.4, -0.2) is 25.2 Å². The Bertz CT molecular complexity index is 418. The van der Waals surface area contributed by atoms with E-state index in [9.17, 15) is 0 Å². The molecule has 2 unspecified atom stereocenters. The first-order valence-corrected chi connectivity index (χ1v) is 8.62. The first-order chi connectivity index (χ1) is 9.57. The summed E-state index contributed by atoms with van der Waals surface area (Å²) in [6.07, 6.45) is 5.06. The molecule has 2 atom stereocenters. The maximum atomic E-state index is 5.21. The summed E-state index contributed by atoms with van der Waals surface area (Å²) in [6.45, 7) is 8.45. The first kappa shape index (κ1) is 15.9. The number of aryl methyl sites for hydroxylation is 1. The third-order valence-electron chi connectivity index (χ3n) is 4.53. The average Bonchev–Trinajstić information content (AvgIpc) is 2.87. The Labute approximate surface area is 127 Å². The summed E-state index contributed by atoms with van der Waals surface area (Å²) in [7, 11) is 1.76. The Morgan fingerprint density at radius 2 is 2.35 bits per heavy atom. The highest BCUT2D eigenvalue weighted by Gasteiger charge is 2.40. The molecule has 0 amide bonds. The van der Waals surface area contributed by atoms with Crippen LogP contribution >= 0.6 is 11.3 Å². The number of nitrogens with zero attached hydrogens (tertiary/aromatic N) is 1. The standard InChI is InChI=1S/C16H28N2OS/c1-12(2)14-6-5-7-16(10-14,17-8-9-19-4)15-18-13(3)11-20-15/h11-12,14,17H,5-10H2,1-4H3. The Balaban J connectivity index is 2.19. The van der Waals surface area contributed by atoms with Gasteiger partial charge in [0.25, 0.3) is 0 Å². The Hall–Kier alpha value is -0.450. The fourth-order valence-corrected chi connectivity index (χ4v) is 4.30. The molecule has 0 saturated heterocycles. The summed E-state index contributed by atoms with van der Waals surface area (Å²) in [6, 6.07) is 0. The second-order valence-electron chi connectivity index (χ2n) is 6.40. The van der Waals surface area contributed by atoms with E-state index in [1.165, 1.54) is 30.7 Å². The third kappa shape index (κ3) is 3.60. The quantitative estimate of drug-likeness (QED) is 0.812. The van der Waals surface area contributed by atoms with Crippen molar-refractivity contribution in [2.75, 3.05) is 20.3 Å². The van der Waals surface area contributed by atoms with Crippen LogP contribution in [0, 0.1) is 18.8 Å². The lowest BCUT2D eigenvalue weighted by atomic mass is 9.72. The molecule has 3 nitrogen and oxygen atoms in total. The van der Waals surface area contributed by atoms with Gasteiger partial charge in [-0.1, -0.05) is 26.7 Å². The Kier molecular flexibility index (Phi) is 5.58. The third-order valence-corrected chi connectivity index (χ3v) is 5.69. The number of hydrogen-bond donors (Lipinski definition) is 1. The van der Waals surface area contributed by atoms with Crippen molar-refractivity contribution in [2.45, 2.75) is 52.0 Å². The van der Waals surface area contributed by atoms with Crippen molar-refractivity contribution in [2.24, 2.45) is 11.8 Å². The lowest BCUT2D eigenvalue weighted by Crippen LogP contribution is -2.48. The van der Waals surface area contributed by atoms with E-state index in [0.717, 1.165) is 30.7 Å². The Morgan fingerprint density at radius 3 is 2.95 bits per heavy atom. The molecule has 2 rings (SSSR count). The molecule has 1 aromatic rings. The predicted molar refractivity (Wildman–Crippen MR) is 85.2 cm³/mol. The van der Waals surface area contributed by atoms with Gasteiger partial charge >= 0.3 is 0 Å². The SMILES string of the molecule is COCCNC1(c2nc(C)cs2)CCCC(C(C)C)C1. The van der Waals surface area contributed by atoms with E-state index >= 15 is 0 Å². The van der Waals surface area contributed by atoms with E-state index in [4.69, 9.17) is 9.72 Å². The smallest absolute Gasteiger partial charge is 0.113 e. The second kappa shape index (κ2) is 7.01. The fraction of sp³-hybridized carbons (Fsp3) is 0.812. The van der Waals surface area contributed by atoms with Crippen LogP contribution in [0.5, 0.6) is 0 Å². The number of nitrogens with one attached hydrogen (secondary N) is 1. The number of ether oxygens (including phenoxy) is 1. The van der Waals surface area contributed by atoms with Crippen LogP contribution < -0.4 is 5.32 Å². The van der Waals surface area contributed by atoms with E-state index in [1.54, 1.807) is 7.11 Å². The zero-order valence-electron chi connectivity index (χ0n) is 13.2. The van der Waals surface area contributed by atoms with Gasteiger partial charge in [-0.15, -0.1) is 11.3 Å². The van der Waals surface area contributed by atoms with Crippen LogP contribution in [-0.2, 0) is 10.3 Å². The molecule has 1 aromatic heterocycles. The van der Waals surface area contributed by atoms with Gasteiger partial charge < -0.3 is 10.1 Å². The van der Waals surface area contributed by atoms with Crippen molar-refractivity contribution in [3.8, 4) is 0 Å². The van der Waals surface area contributed by atoms with Crippen molar-refractivity contribution in [3.63, 3.8) is 0 Å². The molecule has 1 saturated carbocycles. The van der Waals surface area contributed by atoms with Gasteiger partial charge in [0.15, 0.2) is 0 Å². The van der Waals surface area contributed by atoms with Crippen LogP contribution in [0.15, 0.2) is 5.38 Å². The minimum Gasteiger partial charge on any atom is -0.383 e. The molecule has 1 N–H and O–H groups in total. The zero-order valence-corrected chi connectivity index (χ0v) is 14.1. The van der Waals surface area contributed by atoms with E-state index in [-0.39, 0.29) is 5.54 Å². The fourth-order valence-electron chi connectivity index (χ4n) is 3.28. The van der Waals surface area contributed by atoms with E-state index in [1.807, 2.05) is 11.3 Å². The van der Waals surface area contributed by atoms with Gasteiger partial charge in [-0.25, -0.2) is 4.98 Å². The van der Waals surface area contributed by atoms with Gasteiger partial charge in [0, 0.05) is 24.7 Å². The molecular formula is C16H28N2OS.